The van der Waals surface area contributed by atoms with Gasteiger partial charge in [-0.15, -0.1) is 22.7 Å². The maximum atomic E-state index is 9.99. The fourth-order valence-electron chi connectivity index (χ4n) is 6.12. The predicted molar refractivity (Wildman–Crippen MR) is 178 cm³/mol. The first kappa shape index (κ1) is 24.5. The van der Waals surface area contributed by atoms with Gasteiger partial charge in [-0.25, -0.2) is 0 Å². The van der Waals surface area contributed by atoms with Gasteiger partial charge in [0.25, 0.3) is 0 Å². The lowest BCUT2D eigenvalue weighted by Crippen LogP contribution is -1.89. The fraction of sp³-hybridized carbons (Fsp3) is 0. The van der Waals surface area contributed by atoms with Crippen molar-refractivity contribution in [2.45, 2.75) is 0 Å². The Morgan fingerprint density at radius 3 is 1.67 bits per heavy atom. The molecule has 0 atom stereocenters. The lowest BCUT2D eigenvalue weighted by atomic mass is 9.89. The van der Waals surface area contributed by atoms with E-state index >= 15 is 0 Å². The molecule has 2 heterocycles. The Morgan fingerprint density at radius 2 is 0.929 bits per heavy atom. The van der Waals surface area contributed by atoms with Crippen molar-refractivity contribution in [2.75, 3.05) is 0 Å². The first-order valence-corrected chi connectivity index (χ1v) is 15.3. The first-order chi connectivity index (χ1) is 20.7. The third kappa shape index (κ3) is 3.75. The van der Waals surface area contributed by atoms with Gasteiger partial charge in [0.15, 0.2) is 0 Å². The highest BCUT2D eigenvalue weighted by molar-refractivity contribution is 7.26. The molecule has 0 aliphatic rings. The Labute approximate surface area is 250 Å². The highest BCUT2D eigenvalue weighted by Crippen LogP contribution is 2.45. The number of nitriles is 2. The van der Waals surface area contributed by atoms with E-state index in [2.05, 4.69) is 97.1 Å². The Bertz CT molecular complexity index is 2450. The zero-order valence-electron chi connectivity index (χ0n) is 22.3. The molecule has 0 unspecified atom stereocenters. The van der Waals surface area contributed by atoms with Crippen molar-refractivity contribution in [1.29, 1.82) is 10.5 Å². The average Bonchev–Trinajstić information content (AvgIpc) is 3.63. The summed E-state index contributed by atoms with van der Waals surface area (Å²) in [4.78, 5) is 0. The molecule has 0 fully saturated rings. The van der Waals surface area contributed by atoms with Crippen LogP contribution in [0.1, 0.15) is 11.1 Å². The minimum atomic E-state index is 0.651. The van der Waals surface area contributed by atoms with E-state index in [1.807, 2.05) is 47.7 Å². The van der Waals surface area contributed by atoms with Crippen LogP contribution in [0.4, 0.5) is 0 Å². The van der Waals surface area contributed by atoms with Crippen LogP contribution in [0.25, 0.3) is 73.7 Å². The van der Waals surface area contributed by atoms with Crippen molar-refractivity contribution in [3.63, 3.8) is 0 Å². The number of nitrogens with zero attached hydrogens (tertiary/aromatic N) is 2. The number of rotatable bonds is 3. The molecule has 0 saturated carbocycles. The van der Waals surface area contributed by atoms with Gasteiger partial charge in [-0.05, 0) is 81.9 Å². The van der Waals surface area contributed by atoms with Gasteiger partial charge in [0, 0.05) is 35.6 Å². The minimum absolute atomic E-state index is 0.651. The Hall–Kier alpha value is -5.26. The number of hydrogen-bond acceptors (Lipinski definition) is 4. The molecule has 0 radical (unpaired) electrons. The molecule has 0 aliphatic carbocycles. The second-order valence-corrected chi connectivity index (χ2v) is 12.4. The van der Waals surface area contributed by atoms with Crippen molar-refractivity contribution in [3.8, 4) is 45.5 Å². The van der Waals surface area contributed by atoms with E-state index in [0.29, 0.717) is 11.1 Å². The number of hydrogen-bond donors (Lipinski definition) is 0. The van der Waals surface area contributed by atoms with Crippen LogP contribution in [-0.4, -0.2) is 0 Å². The van der Waals surface area contributed by atoms with E-state index in [1.165, 1.54) is 25.7 Å². The summed E-state index contributed by atoms with van der Waals surface area (Å²) < 4.78 is 4.70. The smallest absolute Gasteiger partial charge is 0.101 e. The maximum absolute atomic E-state index is 9.99. The molecule has 4 heteroatoms. The molecule has 8 rings (SSSR count). The zero-order valence-corrected chi connectivity index (χ0v) is 23.9. The van der Waals surface area contributed by atoms with E-state index in [1.54, 1.807) is 11.3 Å². The second kappa shape index (κ2) is 9.68. The number of thiophene rings is 2. The lowest BCUT2D eigenvalue weighted by molar-refractivity contribution is 1.48. The van der Waals surface area contributed by atoms with Crippen LogP contribution >= 0.6 is 22.7 Å². The van der Waals surface area contributed by atoms with E-state index < -0.39 is 0 Å². The lowest BCUT2D eigenvalue weighted by Gasteiger charge is -2.14. The van der Waals surface area contributed by atoms with Gasteiger partial charge >= 0.3 is 0 Å². The van der Waals surface area contributed by atoms with Crippen LogP contribution in [0.2, 0.25) is 0 Å². The van der Waals surface area contributed by atoms with Crippen LogP contribution < -0.4 is 0 Å². The highest BCUT2D eigenvalue weighted by Gasteiger charge is 2.17. The quantitative estimate of drug-likeness (QED) is 0.213. The summed E-state index contributed by atoms with van der Waals surface area (Å²) in [7, 11) is 0. The topological polar surface area (TPSA) is 47.6 Å². The van der Waals surface area contributed by atoms with Crippen molar-refractivity contribution in [1.82, 2.24) is 0 Å². The highest BCUT2D eigenvalue weighted by atomic mass is 32.1. The monoisotopic (exact) mass is 568 g/mol. The third-order valence-corrected chi connectivity index (χ3v) is 10.3. The molecule has 8 aromatic rings. The fourth-order valence-corrected chi connectivity index (χ4v) is 8.44. The third-order valence-electron chi connectivity index (χ3n) is 7.96. The van der Waals surface area contributed by atoms with Crippen LogP contribution in [0.15, 0.2) is 121 Å². The Kier molecular flexibility index (Phi) is 5.66. The predicted octanol–water partition coefficient (Wildman–Crippen LogP) is 11.2. The Morgan fingerprint density at radius 1 is 0.429 bits per heavy atom. The molecule has 0 bridgehead atoms. The van der Waals surface area contributed by atoms with Gasteiger partial charge < -0.3 is 0 Å². The van der Waals surface area contributed by atoms with E-state index in [-0.39, 0.29) is 0 Å². The number of fused-ring (bicyclic) bond motifs is 6. The first-order valence-electron chi connectivity index (χ1n) is 13.6. The summed E-state index contributed by atoms with van der Waals surface area (Å²) in [6.07, 6.45) is 0. The van der Waals surface area contributed by atoms with Gasteiger partial charge in [0.1, 0.15) is 6.07 Å². The summed E-state index contributed by atoms with van der Waals surface area (Å²) >= 11 is 3.49. The Balaban J connectivity index is 1.47. The van der Waals surface area contributed by atoms with E-state index in [9.17, 15) is 10.5 Å². The normalized spacial score (nSPS) is 11.3. The molecule has 0 N–H and O–H groups in total. The summed E-state index contributed by atoms with van der Waals surface area (Å²) in [5.41, 5.74) is 7.76. The SMILES string of the molecule is N#Cc1ccccc1-c1cc(-c2cccc3sc4ccccc4c23)cc(-c2cccc3sc4c(C#N)cccc4c23)c1. The molecule has 0 saturated heterocycles. The summed E-state index contributed by atoms with van der Waals surface area (Å²) in [5.74, 6) is 0. The van der Waals surface area contributed by atoms with Gasteiger partial charge in [-0.2, -0.15) is 10.5 Å². The molecule has 42 heavy (non-hydrogen) atoms. The van der Waals surface area contributed by atoms with Crippen molar-refractivity contribution in [3.05, 3.63) is 132 Å². The zero-order chi connectivity index (χ0) is 28.2. The van der Waals surface area contributed by atoms with E-state index in [4.69, 9.17) is 0 Å². The second-order valence-electron chi connectivity index (χ2n) is 10.3. The maximum Gasteiger partial charge on any atom is 0.101 e. The average molecular weight is 569 g/mol. The van der Waals surface area contributed by atoms with Crippen molar-refractivity contribution >= 4 is 63.0 Å². The largest absolute Gasteiger partial charge is 0.192 e. The standard InChI is InChI=1S/C38H20N2S2/c39-21-23-8-1-2-10-28(23)25-18-26(29-12-6-16-34-36(29)31-11-3-4-15-33(31)41-34)20-27(19-25)30-13-7-17-35-37(30)32-14-5-9-24(22-40)38(32)42-35/h1-20H. The van der Waals surface area contributed by atoms with E-state index in [0.717, 1.165) is 48.0 Å². The van der Waals surface area contributed by atoms with Gasteiger partial charge in [0.2, 0.25) is 0 Å². The van der Waals surface area contributed by atoms with Crippen LogP contribution in [0.5, 0.6) is 0 Å². The molecule has 194 valence electrons. The summed E-state index contributed by atoms with van der Waals surface area (Å²) in [5, 5.41) is 24.6. The summed E-state index contributed by atoms with van der Waals surface area (Å²) in [6, 6.07) is 46.8. The molecule has 0 spiro atoms. The minimum Gasteiger partial charge on any atom is -0.192 e. The van der Waals surface area contributed by atoms with Crippen molar-refractivity contribution in [2.24, 2.45) is 0 Å². The van der Waals surface area contributed by atoms with Crippen LogP contribution in [0.3, 0.4) is 0 Å². The van der Waals surface area contributed by atoms with Gasteiger partial charge in [-0.1, -0.05) is 72.8 Å². The molecular weight excluding hydrogens is 549 g/mol. The summed E-state index contributed by atoms with van der Waals surface area (Å²) in [6.45, 7) is 0. The molecule has 0 amide bonds. The number of benzene rings is 6. The van der Waals surface area contributed by atoms with Crippen molar-refractivity contribution < 1.29 is 0 Å². The molecule has 2 aromatic heterocycles. The molecule has 6 aromatic carbocycles. The molecule has 2 nitrogen and oxygen atoms in total. The molecule has 0 aliphatic heterocycles. The van der Waals surface area contributed by atoms with Crippen LogP contribution in [-0.2, 0) is 0 Å². The van der Waals surface area contributed by atoms with Gasteiger partial charge in [0.05, 0.1) is 21.9 Å². The van der Waals surface area contributed by atoms with Crippen LogP contribution in [0, 0.1) is 22.7 Å². The van der Waals surface area contributed by atoms with Gasteiger partial charge in [-0.3, -0.25) is 0 Å². The molecular formula is C38H20N2S2.